The predicted octanol–water partition coefficient (Wildman–Crippen LogP) is 7.57. The number of aromatic hydroxyl groups is 2. The number of azo groups is 2. The van der Waals surface area contributed by atoms with Crippen molar-refractivity contribution in [3.05, 3.63) is 118 Å². The molecule has 0 saturated carbocycles. The molecule has 0 spiro atoms. The molecule has 0 saturated heterocycles. The van der Waals surface area contributed by atoms with Crippen LogP contribution in [-0.4, -0.2) is 105 Å². The van der Waals surface area contributed by atoms with E-state index in [4.69, 9.17) is 0 Å². The van der Waals surface area contributed by atoms with Crippen LogP contribution in [0.4, 0.5) is 34.1 Å². The molecular formula is C34H26BaN6O12S2+2. The predicted molar refractivity (Wildman–Crippen MR) is 194 cm³/mol. The van der Waals surface area contributed by atoms with Crippen molar-refractivity contribution < 1.29 is 56.4 Å². The maximum absolute atomic E-state index is 11.5. The monoisotopic (exact) mass is 912 g/mol. The molecule has 21 heteroatoms. The van der Waals surface area contributed by atoms with Gasteiger partial charge in [-0.05, 0) is 37.1 Å². The summed E-state index contributed by atoms with van der Waals surface area (Å²) in [6, 6.07) is 22.6. The van der Waals surface area contributed by atoms with Crippen molar-refractivity contribution in [1.82, 2.24) is 0 Å². The van der Waals surface area contributed by atoms with Crippen molar-refractivity contribution in [2.24, 2.45) is 20.5 Å². The number of phenolic OH excluding ortho intramolecular Hbond substituents is 2. The molecule has 0 aliphatic carbocycles. The van der Waals surface area contributed by atoms with Crippen LogP contribution in [0, 0.1) is 23.7 Å². The maximum Gasteiger partial charge on any atom is 2.00 e. The van der Waals surface area contributed by atoms with Gasteiger partial charge in [0, 0.05) is 45.8 Å². The van der Waals surface area contributed by atoms with E-state index in [2.05, 4.69) is 20.5 Å². The van der Waals surface area contributed by atoms with Gasteiger partial charge in [0.15, 0.2) is 11.4 Å². The first kappa shape index (κ1) is 42.6. The standard InChI is InChI=1S/2C17H13N3O6S.Ba/c2*1-10-6-7-13(14(8-10)20(22)23)18-19-17-12-5-3-2-4-11(12)16(9-15(17)21)27(24,25)26;/h2*2-9H,1H3,(H2-,18,21,22,23,24,25,26);/q;;+2. The van der Waals surface area contributed by atoms with Crippen LogP contribution in [0.2, 0.25) is 0 Å². The quantitative estimate of drug-likeness (QED) is 0.0498. The number of fused-ring (bicyclic) bond motifs is 2. The minimum Gasteiger partial charge on any atom is -0.744 e. The van der Waals surface area contributed by atoms with E-state index >= 15 is 0 Å². The van der Waals surface area contributed by atoms with Gasteiger partial charge in [0.2, 0.25) is 0 Å². The van der Waals surface area contributed by atoms with Gasteiger partial charge in [-0.25, -0.2) is 27.3 Å². The van der Waals surface area contributed by atoms with Gasteiger partial charge in [0.05, 0.1) is 19.6 Å². The van der Waals surface area contributed by atoms with Crippen molar-refractivity contribution in [2.75, 3.05) is 0 Å². The molecule has 276 valence electrons. The van der Waals surface area contributed by atoms with Crippen molar-refractivity contribution in [1.29, 1.82) is 0 Å². The van der Waals surface area contributed by atoms with Gasteiger partial charge in [0.25, 0.3) is 9.85 Å². The third kappa shape index (κ3) is 9.75. The normalized spacial score (nSPS) is 11.7. The molecule has 18 nitrogen and oxygen atoms in total. The second kappa shape index (κ2) is 17.1. The average molecular weight is 912 g/mol. The van der Waals surface area contributed by atoms with Crippen LogP contribution in [0.1, 0.15) is 11.1 Å². The van der Waals surface area contributed by atoms with Crippen LogP contribution in [0.5, 0.6) is 11.5 Å². The Kier molecular flexibility index (Phi) is 13.2. The average Bonchev–Trinajstić information content (AvgIpc) is 3.10. The fourth-order valence-electron chi connectivity index (χ4n) is 5.20. The summed E-state index contributed by atoms with van der Waals surface area (Å²) < 4.78 is 68.7. The smallest absolute Gasteiger partial charge is 0.744 e. The number of hydrogen-bond donors (Lipinski definition) is 4. The van der Waals surface area contributed by atoms with E-state index in [9.17, 15) is 56.4 Å². The molecule has 0 amide bonds. The van der Waals surface area contributed by atoms with E-state index in [0.29, 0.717) is 11.1 Å². The van der Waals surface area contributed by atoms with Gasteiger partial charge >= 0.3 is 60.3 Å². The number of benzene rings is 6. The minimum absolute atomic E-state index is 0. The van der Waals surface area contributed by atoms with Crippen LogP contribution in [0.15, 0.2) is 127 Å². The molecule has 0 bridgehead atoms. The summed E-state index contributed by atoms with van der Waals surface area (Å²) in [4.78, 5) is 20.7. The molecule has 0 heterocycles. The topological polar surface area (TPSA) is 285 Å². The Balaban J connectivity index is 0.000000240. The molecule has 55 heavy (non-hydrogen) atoms. The molecule has 6 rings (SSSR count). The van der Waals surface area contributed by atoms with Crippen LogP contribution < -0.4 is 0 Å². The Morgan fingerprint density at radius 2 is 0.855 bits per heavy atom. The Bertz CT molecular complexity index is 2610. The molecule has 0 fully saturated rings. The Morgan fingerprint density at radius 3 is 1.16 bits per heavy atom. The van der Waals surface area contributed by atoms with Crippen molar-refractivity contribution in [3.8, 4) is 11.5 Å². The SMILES string of the molecule is Cc1ccc(N=Nc2c(O)cc(S(=O)(=O)[O-])c3ccccc23)c([N+](=O)O)c1.Cc1ccc(N=Nc2c(O)cc(S(=O)(=O)[O-])c3ccccc23)c([N+](=O)O)c1.[Ba+2]. The molecule has 0 aliphatic heterocycles. The van der Waals surface area contributed by atoms with Crippen LogP contribution >= 0.6 is 0 Å². The first-order valence-corrected chi connectivity index (χ1v) is 18.0. The van der Waals surface area contributed by atoms with E-state index < -0.39 is 41.5 Å². The summed E-state index contributed by atoms with van der Waals surface area (Å²) >= 11 is 0. The Hall–Kier alpha value is -5.17. The fourth-order valence-corrected chi connectivity index (χ4v) is 6.61. The second-order valence-electron chi connectivity index (χ2n) is 11.4. The molecule has 6 aromatic rings. The molecule has 4 N–H and O–H groups in total. The first-order chi connectivity index (χ1) is 25.4. The molecule has 0 radical (unpaired) electrons. The molecular weight excluding hydrogens is 886 g/mol. The summed E-state index contributed by atoms with van der Waals surface area (Å²) in [5.41, 5.74) is 1.00. The van der Waals surface area contributed by atoms with Gasteiger partial charge in [0.1, 0.15) is 43.1 Å². The van der Waals surface area contributed by atoms with Gasteiger partial charge in [-0.2, -0.15) is 0 Å². The van der Waals surface area contributed by atoms with Crippen molar-refractivity contribution in [3.63, 3.8) is 0 Å². The Labute approximate surface area is 351 Å². The molecule has 0 aromatic heterocycles. The summed E-state index contributed by atoms with van der Waals surface area (Å²) in [6.07, 6.45) is 0. The largest absolute Gasteiger partial charge is 2.00 e. The zero-order valence-electron chi connectivity index (χ0n) is 28.5. The number of hydrogen-bond acceptors (Lipinski definition) is 14. The number of rotatable bonds is 8. The van der Waals surface area contributed by atoms with E-state index in [0.717, 1.165) is 12.1 Å². The third-order valence-corrected chi connectivity index (χ3v) is 9.40. The van der Waals surface area contributed by atoms with E-state index in [1.54, 1.807) is 38.1 Å². The summed E-state index contributed by atoms with van der Waals surface area (Å²) in [6.45, 7) is 3.44. The zero-order chi connectivity index (χ0) is 39.5. The van der Waals surface area contributed by atoms with Gasteiger partial charge in [-0.15, -0.1) is 20.5 Å². The van der Waals surface area contributed by atoms with Gasteiger partial charge in [-0.1, -0.05) is 60.7 Å². The third-order valence-electron chi connectivity index (χ3n) is 7.64. The van der Waals surface area contributed by atoms with Crippen molar-refractivity contribution in [2.45, 2.75) is 23.6 Å². The van der Waals surface area contributed by atoms with E-state index in [1.165, 1.54) is 60.7 Å². The zero-order valence-corrected chi connectivity index (χ0v) is 34.6. The maximum atomic E-state index is 11.5. The minimum atomic E-state index is -4.82. The van der Waals surface area contributed by atoms with E-state index in [-0.39, 0.29) is 114 Å². The first-order valence-electron chi connectivity index (χ1n) is 15.1. The summed E-state index contributed by atoms with van der Waals surface area (Å²) in [5.74, 6) is -1.13. The number of phenols is 2. The molecule has 0 atom stereocenters. The fraction of sp³-hybridized carbons (Fsp3) is 0.0588. The molecule has 0 unspecified atom stereocenters. The van der Waals surface area contributed by atoms with Crippen LogP contribution in [0.25, 0.3) is 21.5 Å². The molecule has 0 aliphatic rings. The Morgan fingerprint density at radius 1 is 0.527 bits per heavy atom. The number of aryl methyl sites for hydroxylation is 2. The van der Waals surface area contributed by atoms with Crippen LogP contribution in [-0.2, 0) is 20.2 Å². The molecule has 6 aromatic carbocycles. The summed E-state index contributed by atoms with van der Waals surface area (Å²) in [7, 11) is -9.64. The van der Waals surface area contributed by atoms with E-state index in [1.807, 2.05) is 0 Å². The second-order valence-corrected chi connectivity index (χ2v) is 14.1. The number of nitrogens with zero attached hydrogens (tertiary/aromatic N) is 6. The van der Waals surface area contributed by atoms with Gasteiger partial charge in [-0.3, -0.25) is 0 Å². The van der Waals surface area contributed by atoms with Gasteiger partial charge < -0.3 is 19.3 Å². The summed E-state index contributed by atoms with van der Waals surface area (Å²) in [5, 5.41) is 54.8. The van der Waals surface area contributed by atoms with Crippen molar-refractivity contribution >= 4 is 125 Å². The van der Waals surface area contributed by atoms with Crippen LogP contribution in [0.3, 0.4) is 0 Å².